The molecule has 4 nitrogen and oxygen atoms in total. The van der Waals surface area contributed by atoms with Crippen molar-refractivity contribution in [1.29, 1.82) is 0 Å². The molecule has 0 spiro atoms. The Bertz CT molecular complexity index is 929. The highest BCUT2D eigenvalue weighted by atomic mass is 32.1. The van der Waals surface area contributed by atoms with Crippen LogP contribution in [0.4, 0.5) is 0 Å². The number of aldehydes is 1. The third kappa shape index (κ3) is 2.53. The molecule has 5 heteroatoms. The molecule has 0 unspecified atom stereocenters. The molecule has 0 atom stereocenters. The zero-order valence-electron chi connectivity index (χ0n) is 14.9. The highest BCUT2D eigenvalue weighted by Gasteiger charge is 2.27. The van der Waals surface area contributed by atoms with Gasteiger partial charge in [0.15, 0.2) is 11.2 Å². The predicted octanol–water partition coefficient (Wildman–Crippen LogP) is 4.80. The molecule has 0 radical (unpaired) electrons. The fourth-order valence-electron chi connectivity index (χ4n) is 3.06. The number of benzene rings is 1. The molecule has 0 aliphatic carbocycles. The second-order valence-electron chi connectivity index (χ2n) is 7.02. The number of carbonyl (C=O) groups excluding carboxylic acids is 1. The van der Waals surface area contributed by atoms with Gasteiger partial charge in [0, 0.05) is 15.9 Å². The van der Waals surface area contributed by atoms with Gasteiger partial charge >= 0.3 is 0 Å². The lowest BCUT2D eigenvalue weighted by Gasteiger charge is -2.16. The van der Waals surface area contributed by atoms with Crippen LogP contribution in [0, 0.1) is 13.8 Å². The number of rotatable bonds is 3. The SMILES string of the molecule is COc1ccc(-c2c(C)sc3nc(C(C)(C)C)c(C=O)n23)cc1C. The summed E-state index contributed by atoms with van der Waals surface area (Å²) in [7, 11) is 1.67. The van der Waals surface area contributed by atoms with E-state index in [0.717, 1.165) is 44.4 Å². The number of carbonyl (C=O) groups is 1. The summed E-state index contributed by atoms with van der Waals surface area (Å²) < 4.78 is 7.35. The Morgan fingerprint density at radius 1 is 1.25 bits per heavy atom. The van der Waals surface area contributed by atoms with Crippen LogP contribution >= 0.6 is 11.3 Å². The quantitative estimate of drug-likeness (QED) is 0.642. The Morgan fingerprint density at radius 3 is 2.50 bits per heavy atom. The van der Waals surface area contributed by atoms with Gasteiger partial charge in [0.25, 0.3) is 0 Å². The van der Waals surface area contributed by atoms with Crippen LogP contribution in [0.1, 0.15) is 47.4 Å². The van der Waals surface area contributed by atoms with Crippen LogP contribution in [0.25, 0.3) is 16.2 Å². The van der Waals surface area contributed by atoms with E-state index >= 15 is 0 Å². The van der Waals surface area contributed by atoms with E-state index in [2.05, 4.69) is 33.8 Å². The molecule has 0 fully saturated rings. The van der Waals surface area contributed by atoms with E-state index in [1.54, 1.807) is 18.4 Å². The van der Waals surface area contributed by atoms with E-state index in [9.17, 15) is 4.79 Å². The maximum atomic E-state index is 11.8. The molecule has 3 rings (SSSR count). The molecule has 1 aromatic carbocycles. The third-order valence-corrected chi connectivity index (χ3v) is 5.13. The van der Waals surface area contributed by atoms with Crippen LogP contribution in [0.2, 0.25) is 0 Å². The van der Waals surface area contributed by atoms with Crippen LogP contribution in [-0.4, -0.2) is 22.8 Å². The molecule has 0 amide bonds. The third-order valence-electron chi connectivity index (χ3n) is 4.17. The fourth-order valence-corrected chi connectivity index (χ4v) is 4.06. The number of imidazole rings is 1. The zero-order chi connectivity index (χ0) is 17.6. The van der Waals surface area contributed by atoms with E-state index in [0.29, 0.717) is 5.69 Å². The van der Waals surface area contributed by atoms with Crippen LogP contribution in [0.5, 0.6) is 5.75 Å². The van der Waals surface area contributed by atoms with Gasteiger partial charge in [-0.1, -0.05) is 20.8 Å². The molecule has 0 aliphatic rings. The first kappa shape index (κ1) is 16.7. The Kier molecular flexibility index (Phi) is 4.00. The second kappa shape index (κ2) is 5.74. The number of hydrogen-bond donors (Lipinski definition) is 0. The first-order valence-electron chi connectivity index (χ1n) is 7.90. The second-order valence-corrected chi connectivity index (χ2v) is 8.20. The van der Waals surface area contributed by atoms with Crippen molar-refractivity contribution in [3.63, 3.8) is 0 Å². The van der Waals surface area contributed by atoms with Gasteiger partial charge in [-0.05, 0) is 37.6 Å². The summed E-state index contributed by atoms with van der Waals surface area (Å²) in [5.74, 6) is 0.861. The van der Waals surface area contributed by atoms with Crippen molar-refractivity contribution in [2.45, 2.75) is 40.0 Å². The Labute approximate surface area is 146 Å². The smallest absolute Gasteiger partial charge is 0.195 e. The monoisotopic (exact) mass is 342 g/mol. The van der Waals surface area contributed by atoms with Gasteiger partial charge in [-0.2, -0.15) is 0 Å². The minimum absolute atomic E-state index is 0.178. The summed E-state index contributed by atoms with van der Waals surface area (Å²) in [6.07, 6.45) is 0.923. The molecule has 3 aromatic rings. The van der Waals surface area contributed by atoms with Crippen LogP contribution < -0.4 is 4.74 Å². The molecule has 0 saturated heterocycles. The van der Waals surface area contributed by atoms with Crippen molar-refractivity contribution in [3.8, 4) is 17.0 Å². The Balaban J connectivity index is 2.32. The maximum Gasteiger partial charge on any atom is 0.195 e. The highest BCUT2D eigenvalue weighted by Crippen LogP contribution is 2.37. The Morgan fingerprint density at radius 2 is 1.96 bits per heavy atom. The topological polar surface area (TPSA) is 43.6 Å². The van der Waals surface area contributed by atoms with Gasteiger partial charge in [-0.3, -0.25) is 9.20 Å². The van der Waals surface area contributed by atoms with E-state index in [1.807, 2.05) is 23.5 Å². The first-order valence-corrected chi connectivity index (χ1v) is 8.72. The first-order chi connectivity index (χ1) is 11.3. The van der Waals surface area contributed by atoms with Gasteiger partial charge < -0.3 is 4.74 Å². The van der Waals surface area contributed by atoms with Gasteiger partial charge in [0.2, 0.25) is 0 Å². The largest absolute Gasteiger partial charge is 0.496 e. The van der Waals surface area contributed by atoms with E-state index < -0.39 is 0 Å². The van der Waals surface area contributed by atoms with Crippen molar-refractivity contribution >= 4 is 22.6 Å². The molecule has 2 aromatic heterocycles. The predicted molar refractivity (Wildman–Crippen MR) is 98.6 cm³/mol. The highest BCUT2D eigenvalue weighted by molar-refractivity contribution is 7.17. The van der Waals surface area contributed by atoms with Crippen molar-refractivity contribution in [3.05, 3.63) is 40.0 Å². The minimum atomic E-state index is -0.178. The summed E-state index contributed by atoms with van der Waals surface area (Å²) >= 11 is 1.62. The van der Waals surface area contributed by atoms with Crippen molar-refractivity contribution in [2.75, 3.05) is 7.11 Å². The lowest BCUT2D eigenvalue weighted by atomic mass is 9.91. The van der Waals surface area contributed by atoms with E-state index in [1.165, 1.54) is 0 Å². The summed E-state index contributed by atoms with van der Waals surface area (Å²) in [5, 5.41) is 0. The van der Waals surface area contributed by atoms with E-state index in [-0.39, 0.29) is 5.41 Å². The molecule has 2 heterocycles. The number of nitrogens with zero attached hydrogens (tertiary/aromatic N) is 2. The van der Waals surface area contributed by atoms with Crippen LogP contribution in [0.15, 0.2) is 18.2 Å². The van der Waals surface area contributed by atoms with Gasteiger partial charge in [0.1, 0.15) is 11.4 Å². The normalized spacial score (nSPS) is 11.9. The van der Waals surface area contributed by atoms with E-state index in [4.69, 9.17) is 9.72 Å². The average Bonchev–Trinajstić information content (AvgIpc) is 3.01. The molecule has 0 saturated carbocycles. The lowest BCUT2D eigenvalue weighted by Crippen LogP contribution is -2.15. The standard InChI is InChI=1S/C19H22N2O2S/c1-11-9-13(7-8-15(11)23-6)16-12(2)24-18-20-17(19(3,4)5)14(10-22)21(16)18/h7-10H,1-6H3. The number of fused-ring (bicyclic) bond motifs is 1. The molecule has 0 bridgehead atoms. The average molecular weight is 342 g/mol. The summed E-state index contributed by atoms with van der Waals surface area (Å²) in [4.78, 5) is 18.6. The molecule has 126 valence electrons. The van der Waals surface area contributed by atoms with Crippen molar-refractivity contribution in [1.82, 2.24) is 9.38 Å². The summed E-state index contributed by atoms with van der Waals surface area (Å²) in [6.45, 7) is 10.3. The van der Waals surface area contributed by atoms with Crippen molar-refractivity contribution < 1.29 is 9.53 Å². The van der Waals surface area contributed by atoms with Crippen molar-refractivity contribution in [2.24, 2.45) is 0 Å². The number of methoxy groups -OCH3 is 1. The number of aryl methyl sites for hydroxylation is 2. The summed E-state index contributed by atoms with van der Waals surface area (Å²) in [6, 6.07) is 6.10. The number of hydrogen-bond acceptors (Lipinski definition) is 4. The Hall–Kier alpha value is -2.14. The van der Waals surface area contributed by atoms with Crippen LogP contribution in [0.3, 0.4) is 0 Å². The molecular weight excluding hydrogens is 320 g/mol. The van der Waals surface area contributed by atoms with Gasteiger partial charge in [0.05, 0.1) is 18.5 Å². The van der Waals surface area contributed by atoms with Gasteiger partial charge in [-0.15, -0.1) is 11.3 Å². The minimum Gasteiger partial charge on any atom is -0.496 e. The van der Waals surface area contributed by atoms with Crippen LogP contribution in [-0.2, 0) is 5.41 Å². The molecule has 0 N–H and O–H groups in total. The molecule has 24 heavy (non-hydrogen) atoms. The molecule has 0 aliphatic heterocycles. The number of ether oxygens (including phenoxy) is 1. The lowest BCUT2D eigenvalue weighted by molar-refractivity contribution is 0.111. The zero-order valence-corrected chi connectivity index (χ0v) is 15.7. The van der Waals surface area contributed by atoms with Gasteiger partial charge in [-0.25, -0.2) is 4.98 Å². The fraction of sp³-hybridized carbons (Fsp3) is 0.368. The number of thiazole rings is 1. The maximum absolute atomic E-state index is 11.8. The molecular formula is C19H22N2O2S. The summed E-state index contributed by atoms with van der Waals surface area (Å²) in [5.41, 5.74) is 4.48. The number of aromatic nitrogens is 2.